The van der Waals surface area contributed by atoms with Crippen LogP contribution in [0.2, 0.25) is 0 Å². The van der Waals surface area contributed by atoms with Crippen LogP contribution in [0.25, 0.3) is 10.6 Å². The molecular weight excluding hydrogens is 428 g/mol. The van der Waals surface area contributed by atoms with Gasteiger partial charge in [-0.05, 0) is 35.7 Å². The molecule has 150 valence electrons. The molecule has 2 aromatic heterocycles. The number of carbonyl (C=O) groups is 1. The Labute approximate surface area is 174 Å². The largest absolute Gasteiger partial charge is 0.353 e. The van der Waals surface area contributed by atoms with Crippen molar-refractivity contribution in [2.45, 2.75) is 9.79 Å². The molecule has 0 radical (unpaired) electrons. The van der Waals surface area contributed by atoms with Crippen LogP contribution in [0.3, 0.4) is 0 Å². The van der Waals surface area contributed by atoms with Gasteiger partial charge in [0.2, 0.25) is 15.6 Å². The Morgan fingerprint density at radius 3 is 2.30 bits per heavy atom. The van der Waals surface area contributed by atoms with Crippen LogP contribution in [0.4, 0.5) is 5.69 Å². The fraction of sp³-hybridized carbons (Fsp3) is 0. The van der Waals surface area contributed by atoms with E-state index in [2.05, 4.69) is 5.16 Å². The van der Waals surface area contributed by atoms with Crippen molar-refractivity contribution >= 4 is 32.6 Å². The molecule has 2 aromatic carbocycles. The lowest BCUT2D eigenvalue weighted by molar-refractivity contribution is -0.384. The zero-order chi connectivity index (χ0) is 21.3. The normalized spacial score (nSPS) is 11.3. The van der Waals surface area contributed by atoms with Crippen molar-refractivity contribution in [2.24, 2.45) is 0 Å². The van der Waals surface area contributed by atoms with Gasteiger partial charge in [0.05, 0.1) is 14.7 Å². The Morgan fingerprint density at radius 1 is 1.00 bits per heavy atom. The molecule has 0 amide bonds. The van der Waals surface area contributed by atoms with E-state index in [1.807, 2.05) is 0 Å². The number of nitro benzene ring substituents is 1. The van der Waals surface area contributed by atoms with Gasteiger partial charge in [-0.15, -0.1) is 11.3 Å². The number of rotatable bonds is 6. The quantitative estimate of drug-likeness (QED) is 0.248. The third kappa shape index (κ3) is 3.42. The lowest BCUT2D eigenvalue weighted by Gasteiger charge is -2.06. The van der Waals surface area contributed by atoms with Gasteiger partial charge < -0.3 is 4.52 Å². The number of nitro groups is 1. The zero-order valence-electron chi connectivity index (χ0n) is 15.1. The van der Waals surface area contributed by atoms with E-state index in [4.69, 9.17) is 4.52 Å². The molecule has 10 heteroatoms. The highest BCUT2D eigenvalue weighted by Crippen LogP contribution is 2.37. The number of benzene rings is 2. The van der Waals surface area contributed by atoms with Crippen LogP contribution in [-0.4, -0.2) is 24.3 Å². The molecule has 0 bridgehead atoms. The van der Waals surface area contributed by atoms with E-state index >= 15 is 0 Å². The summed E-state index contributed by atoms with van der Waals surface area (Å²) in [5.74, 6) is -0.745. The van der Waals surface area contributed by atoms with Crippen LogP contribution in [0, 0.1) is 10.1 Å². The first-order valence-corrected chi connectivity index (χ1v) is 10.9. The minimum absolute atomic E-state index is 0.0104. The molecule has 2 heterocycles. The molecule has 4 aromatic rings. The summed E-state index contributed by atoms with van der Waals surface area (Å²) in [6.45, 7) is 0. The molecule has 0 aliphatic rings. The van der Waals surface area contributed by atoms with E-state index in [0.29, 0.717) is 4.88 Å². The van der Waals surface area contributed by atoms with Crippen LogP contribution >= 0.6 is 11.3 Å². The van der Waals surface area contributed by atoms with Crippen molar-refractivity contribution in [3.05, 3.63) is 93.5 Å². The Balaban J connectivity index is 1.89. The van der Waals surface area contributed by atoms with Crippen LogP contribution in [0.1, 0.15) is 16.1 Å². The highest BCUT2D eigenvalue weighted by molar-refractivity contribution is 7.91. The van der Waals surface area contributed by atoms with Gasteiger partial charge >= 0.3 is 0 Å². The number of hydrogen-bond acceptors (Lipinski definition) is 8. The topological polar surface area (TPSA) is 120 Å². The molecule has 0 saturated heterocycles. The summed E-state index contributed by atoms with van der Waals surface area (Å²) in [5, 5.41) is 16.4. The third-order valence-corrected chi connectivity index (χ3v) is 6.95. The maximum Gasteiger partial charge on any atom is 0.269 e. The molecule has 0 N–H and O–H groups in total. The zero-order valence-corrected chi connectivity index (χ0v) is 16.7. The molecule has 0 aliphatic carbocycles. The summed E-state index contributed by atoms with van der Waals surface area (Å²) in [6.07, 6.45) is 0. The minimum atomic E-state index is -4.14. The average molecular weight is 440 g/mol. The fourth-order valence-corrected chi connectivity index (χ4v) is 5.13. The maximum absolute atomic E-state index is 13.4. The Bertz CT molecular complexity index is 1330. The monoisotopic (exact) mass is 440 g/mol. The summed E-state index contributed by atoms with van der Waals surface area (Å²) >= 11 is 1.24. The maximum atomic E-state index is 13.4. The minimum Gasteiger partial charge on any atom is -0.353 e. The summed E-state index contributed by atoms with van der Waals surface area (Å²) in [7, 11) is -4.14. The van der Waals surface area contributed by atoms with Gasteiger partial charge in [0.25, 0.3) is 5.69 Å². The number of thiophene rings is 1. The smallest absolute Gasteiger partial charge is 0.269 e. The van der Waals surface area contributed by atoms with Gasteiger partial charge in [-0.3, -0.25) is 14.9 Å². The van der Waals surface area contributed by atoms with E-state index in [9.17, 15) is 23.3 Å². The molecule has 0 spiro atoms. The van der Waals surface area contributed by atoms with E-state index < -0.39 is 20.5 Å². The predicted octanol–water partition coefficient (Wildman–Crippen LogP) is 4.38. The van der Waals surface area contributed by atoms with Gasteiger partial charge in [-0.2, -0.15) is 0 Å². The van der Waals surface area contributed by atoms with Crippen molar-refractivity contribution in [3.8, 4) is 10.6 Å². The number of non-ortho nitro benzene ring substituents is 1. The second-order valence-electron chi connectivity index (χ2n) is 6.12. The van der Waals surface area contributed by atoms with Crippen molar-refractivity contribution in [1.29, 1.82) is 0 Å². The molecule has 0 fully saturated rings. The Morgan fingerprint density at radius 2 is 1.70 bits per heavy atom. The van der Waals surface area contributed by atoms with E-state index in [0.717, 1.165) is 0 Å². The number of sulfone groups is 1. The molecule has 4 rings (SSSR count). The fourth-order valence-electron chi connectivity index (χ4n) is 2.83. The predicted molar refractivity (Wildman–Crippen MR) is 108 cm³/mol. The van der Waals surface area contributed by atoms with Crippen LogP contribution in [0.15, 0.2) is 86.4 Å². The molecule has 0 aliphatic heterocycles. The molecule has 0 atom stereocenters. The lowest BCUT2D eigenvalue weighted by Crippen LogP contribution is -2.11. The molecule has 8 nitrogen and oxygen atoms in total. The summed E-state index contributed by atoms with van der Waals surface area (Å²) < 4.78 is 32.1. The van der Waals surface area contributed by atoms with E-state index in [1.165, 1.54) is 47.7 Å². The SMILES string of the molecule is O=C(c1ccc([N+](=O)[O-])cc1)c1noc(-c2cccs2)c1S(=O)(=O)c1ccccc1. The molecule has 0 saturated carbocycles. The van der Waals surface area contributed by atoms with Gasteiger partial charge in [-0.25, -0.2) is 8.42 Å². The van der Waals surface area contributed by atoms with Gasteiger partial charge in [0.15, 0.2) is 16.3 Å². The number of ketones is 1. The highest BCUT2D eigenvalue weighted by atomic mass is 32.2. The number of nitrogens with zero attached hydrogens (tertiary/aromatic N) is 2. The van der Waals surface area contributed by atoms with Gasteiger partial charge in [0.1, 0.15) is 0 Å². The van der Waals surface area contributed by atoms with Crippen LogP contribution in [0.5, 0.6) is 0 Å². The second kappa shape index (κ2) is 7.65. The van der Waals surface area contributed by atoms with E-state index in [-0.39, 0.29) is 32.5 Å². The van der Waals surface area contributed by atoms with Gasteiger partial charge in [-0.1, -0.05) is 29.4 Å². The standard InChI is InChI=1S/C20H12N2O6S2/c23-18(13-8-10-14(11-9-13)22(24)25)17-20(19(28-21-17)16-7-4-12-29-16)30(26,27)15-5-2-1-3-6-15/h1-12H. The van der Waals surface area contributed by atoms with Crippen LogP contribution < -0.4 is 0 Å². The number of hydrogen-bond donors (Lipinski definition) is 0. The van der Waals surface area contributed by atoms with Crippen LogP contribution in [-0.2, 0) is 9.84 Å². The number of aromatic nitrogens is 1. The molecule has 0 unspecified atom stereocenters. The Kier molecular flexibility index (Phi) is 5.02. The Hall–Kier alpha value is -3.63. The summed E-state index contributed by atoms with van der Waals surface area (Å²) in [5.41, 5.74) is -0.518. The molecule has 30 heavy (non-hydrogen) atoms. The average Bonchev–Trinajstić information content (AvgIpc) is 3.44. The first-order valence-electron chi connectivity index (χ1n) is 8.52. The first kappa shape index (κ1) is 19.7. The number of carbonyl (C=O) groups excluding carboxylic acids is 1. The molecular formula is C20H12N2O6S2. The lowest BCUT2D eigenvalue weighted by atomic mass is 10.1. The van der Waals surface area contributed by atoms with Crippen molar-refractivity contribution in [3.63, 3.8) is 0 Å². The summed E-state index contributed by atoms with van der Waals surface area (Å²) in [6, 6.07) is 15.9. The van der Waals surface area contributed by atoms with E-state index in [1.54, 1.807) is 35.7 Å². The first-order chi connectivity index (χ1) is 14.4. The van der Waals surface area contributed by atoms with Crippen molar-refractivity contribution in [2.75, 3.05) is 0 Å². The van der Waals surface area contributed by atoms with Gasteiger partial charge in [0, 0.05) is 17.7 Å². The second-order valence-corrected chi connectivity index (χ2v) is 8.95. The third-order valence-electron chi connectivity index (χ3n) is 4.27. The van der Waals surface area contributed by atoms with Crippen molar-refractivity contribution < 1.29 is 22.7 Å². The van der Waals surface area contributed by atoms with Crippen molar-refractivity contribution in [1.82, 2.24) is 5.16 Å². The highest BCUT2D eigenvalue weighted by Gasteiger charge is 2.34. The summed E-state index contributed by atoms with van der Waals surface area (Å²) in [4.78, 5) is 23.5.